The van der Waals surface area contributed by atoms with Gasteiger partial charge in [-0.3, -0.25) is 0 Å². The van der Waals surface area contributed by atoms with Gasteiger partial charge in [-0.2, -0.15) is 0 Å². The highest BCUT2D eigenvalue weighted by molar-refractivity contribution is 5.07. The molecule has 0 aromatic carbocycles. The summed E-state index contributed by atoms with van der Waals surface area (Å²) in [7, 11) is 0. The molecule has 0 radical (unpaired) electrons. The Kier molecular flexibility index (Phi) is 17.5. The molecule has 1 nitrogen and oxygen atoms in total. The van der Waals surface area contributed by atoms with Crippen LogP contribution in [0.25, 0.3) is 0 Å². The Bertz CT molecular complexity index is 422. The monoisotopic (exact) mass is 388 g/mol. The van der Waals surface area contributed by atoms with E-state index in [-0.39, 0.29) is 0 Å². The van der Waals surface area contributed by atoms with Crippen molar-refractivity contribution in [1.82, 2.24) is 0 Å². The number of aryl methyl sites for hydroxylation is 2. The zero-order chi connectivity index (χ0) is 20.1. The van der Waals surface area contributed by atoms with Crippen LogP contribution in [0.4, 0.5) is 0 Å². The summed E-state index contributed by atoms with van der Waals surface area (Å²) in [6.07, 6.45) is 31.3. The summed E-state index contributed by atoms with van der Waals surface area (Å²) in [4.78, 5) is 0. The predicted molar refractivity (Wildman–Crippen MR) is 125 cm³/mol. The molecule has 1 heteroatoms. The van der Waals surface area contributed by atoms with Gasteiger partial charge < -0.3 is 0 Å². The van der Waals surface area contributed by atoms with Crippen LogP contribution >= 0.6 is 0 Å². The second kappa shape index (κ2) is 19.5. The average molecular weight is 389 g/mol. The van der Waals surface area contributed by atoms with Gasteiger partial charge in [0.15, 0.2) is 12.4 Å². The maximum absolute atomic E-state index is 2.37. The minimum Gasteiger partial charge on any atom is -0.205 e. The van der Waals surface area contributed by atoms with Crippen molar-refractivity contribution >= 4 is 0 Å². The first-order valence-corrected chi connectivity index (χ1v) is 12.8. The van der Waals surface area contributed by atoms with E-state index >= 15 is 0 Å². The SMILES string of the molecule is CCCCCCCCCCCCc1cc[n+](CCCCCCCCCC)cc1. The van der Waals surface area contributed by atoms with E-state index < -0.39 is 0 Å². The van der Waals surface area contributed by atoms with Crippen molar-refractivity contribution in [1.29, 1.82) is 0 Å². The predicted octanol–water partition coefficient (Wildman–Crippen LogP) is 8.58. The maximum Gasteiger partial charge on any atom is 0.169 e. The fourth-order valence-corrected chi connectivity index (χ4v) is 4.05. The number of aromatic nitrogens is 1. The van der Waals surface area contributed by atoms with Crippen LogP contribution in [-0.2, 0) is 13.0 Å². The molecule has 0 saturated heterocycles. The molecule has 0 aliphatic carbocycles. The molecule has 0 atom stereocenters. The first-order valence-electron chi connectivity index (χ1n) is 12.8. The first kappa shape index (κ1) is 25.2. The molecule has 162 valence electrons. The van der Waals surface area contributed by atoms with Crippen molar-refractivity contribution in [3.63, 3.8) is 0 Å². The lowest BCUT2D eigenvalue weighted by Crippen LogP contribution is -2.32. The van der Waals surface area contributed by atoms with E-state index in [0.717, 1.165) is 0 Å². The van der Waals surface area contributed by atoms with Crippen molar-refractivity contribution < 1.29 is 4.57 Å². The summed E-state index contributed by atoms with van der Waals surface area (Å²) < 4.78 is 2.37. The highest BCUT2D eigenvalue weighted by Gasteiger charge is 2.02. The van der Waals surface area contributed by atoms with E-state index in [0.29, 0.717) is 0 Å². The normalized spacial score (nSPS) is 11.2. The van der Waals surface area contributed by atoms with Gasteiger partial charge in [-0.1, -0.05) is 110 Å². The van der Waals surface area contributed by atoms with Gasteiger partial charge in [0, 0.05) is 18.6 Å². The van der Waals surface area contributed by atoms with Crippen LogP contribution < -0.4 is 4.57 Å². The largest absolute Gasteiger partial charge is 0.205 e. The van der Waals surface area contributed by atoms with Crippen LogP contribution in [0.3, 0.4) is 0 Å². The molecule has 0 unspecified atom stereocenters. The van der Waals surface area contributed by atoms with Crippen LogP contribution in [0.15, 0.2) is 24.5 Å². The van der Waals surface area contributed by atoms with E-state index in [4.69, 9.17) is 0 Å². The Balaban J connectivity index is 1.94. The molecular formula is C27H50N+. The van der Waals surface area contributed by atoms with Gasteiger partial charge in [0.25, 0.3) is 0 Å². The molecule has 0 aliphatic rings. The Morgan fingerprint density at radius 2 is 0.893 bits per heavy atom. The van der Waals surface area contributed by atoms with E-state index in [2.05, 4.69) is 42.9 Å². The molecule has 0 bridgehead atoms. The Hall–Kier alpha value is -0.850. The number of nitrogens with zero attached hydrogens (tertiary/aromatic N) is 1. The van der Waals surface area contributed by atoms with Gasteiger partial charge in [0.1, 0.15) is 6.54 Å². The van der Waals surface area contributed by atoms with Gasteiger partial charge in [-0.25, -0.2) is 4.57 Å². The lowest BCUT2D eigenvalue weighted by molar-refractivity contribution is -0.697. The minimum absolute atomic E-state index is 1.19. The molecule has 1 heterocycles. The molecule has 28 heavy (non-hydrogen) atoms. The highest BCUT2D eigenvalue weighted by atomic mass is 14.9. The lowest BCUT2D eigenvalue weighted by atomic mass is 10.0. The number of pyridine rings is 1. The zero-order valence-corrected chi connectivity index (χ0v) is 19.4. The summed E-state index contributed by atoms with van der Waals surface area (Å²) in [6.45, 7) is 5.77. The molecule has 0 N–H and O–H groups in total. The fourth-order valence-electron chi connectivity index (χ4n) is 4.05. The van der Waals surface area contributed by atoms with Crippen molar-refractivity contribution in [3.05, 3.63) is 30.1 Å². The van der Waals surface area contributed by atoms with Gasteiger partial charge in [-0.05, 0) is 24.8 Å². The number of unbranched alkanes of at least 4 members (excludes halogenated alkanes) is 16. The first-order chi connectivity index (χ1) is 13.9. The molecule has 0 fully saturated rings. The fraction of sp³-hybridized carbons (Fsp3) is 0.815. The van der Waals surface area contributed by atoms with Crippen molar-refractivity contribution in [2.75, 3.05) is 0 Å². The van der Waals surface area contributed by atoms with E-state index in [1.54, 1.807) is 0 Å². The molecule has 1 rings (SSSR count). The maximum atomic E-state index is 2.37. The molecule has 0 spiro atoms. The summed E-state index contributed by atoms with van der Waals surface area (Å²) in [5.41, 5.74) is 1.52. The summed E-state index contributed by atoms with van der Waals surface area (Å²) in [5.74, 6) is 0. The van der Waals surface area contributed by atoms with Crippen LogP contribution in [0.5, 0.6) is 0 Å². The molecular weight excluding hydrogens is 338 g/mol. The lowest BCUT2D eigenvalue weighted by Gasteiger charge is -2.03. The molecule has 0 amide bonds. The van der Waals surface area contributed by atoms with Gasteiger partial charge in [0.2, 0.25) is 0 Å². The quantitative estimate of drug-likeness (QED) is 0.155. The van der Waals surface area contributed by atoms with Crippen LogP contribution in [-0.4, -0.2) is 0 Å². The Morgan fingerprint density at radius 1 is 0.500 bits per heavy atom. The Morgan fingerprint density at radius 3 is 1.36 bits per heavy atom. The van der Waals surface area contributed by atoms with E-state index in [1.165, 1.54) is 134 Å². The molecule has 0 saturated carbocycles. The standard InChI is InChI=1S/C27H50N/c1-3-5-7-9-11-13-14-15-17-19-21-27-22-25-28(26-23-27)24-20-18-16-12-10-8-6-4-2/h22-23,25-26H,3-21,24H2,1-2H3/q+1. The molecule has 0 aliphatic heterocycles. The third-order valence-electron chi connectivity index (χ3n) is 6.05. The van der Waals surface area contributed by atoms with Gasteiger partial charge in [0.05, 0.1) is 0 Å². The molecule has 1 aromatic rings. The van der Waals surface area contributed by atoms with E-state index in [9.17, 15) is 0 Å². The highest BCUT2D eigenvalue weighted by Crippen LogP contribution is 2.12. The second-order valence-electron chi connectivity index (χ2n) is 8.85. The van der Waals surface area contributed by atoms with Crippen molar-refractivity contribution in [3.8, 4) is 0 Å². The summed E-state index contributed by atoms with van der Waals surface area (Å²) in [6, 6.07) is 4.69. The van der Waals surface area contributed by atoms with Crippen molar-refractivity contribution in [2.45, 2.75) is 142 Å². The summed E-state index contributed by atoms with van der Waals surface area (Å²) in [5, 5.41) is 0. The molecule has 1 aromatic heterocycles. The third kappa shape index (κ3) is 15.1. The third-order valence-corrected chi connectivity index (χ3v) is 6.05. The van der Waals surface area contributed by atoms with Gasteiger partial charge in [-0.15, -0.1) is 0 Å². The van der Waals surface area contributed by atoms with Crippen LogP contribution in [0, 0.1) is 0 Å². The zero-order valence-electron chi connectivity index (χ0n) is 19.4. The minimum atomic E-state index is 1.19. The van der Waals surface area contributed by atoms with Gasteiger partial charge >= 0.3 is 0 Å². The number of rotatable bonds is 20. The second-order valence-corrected chi connectivity index (χ2v) is 8.85. The number of hydrogen-bond acceptors (Lipinski definition) is 0. The number of hydrogen-bond donors (Lipinski definition) is 0. The van der Waals surface area contributed by atoms with Crippen LogP contribution in [0.2, 0.25) is 0 Å². The Labute approximate surface area is 177 Å². The van der Waals surface area contributed by atoms with Crippen LogP contribution in [0.1, 0.15) is 135 Å². The smallest absolute Gasteiger partial charge is 0.169 e. The summed E-state index contributed by atoms with van der Waals surface area (Å²) >= 11 is 0. The van der Waals surface area contributed by atoms with E-state index in [1.807, 2.05) is 0 Å². The average Bonchev–Trinajstić information content (AvgIpc) is 2.72. The van der Waals surface area contributed by atoms with Crippen molar-refractivity contribution in [2.24, 2.45) is 0 Å². The topological polar surface area (TPSA) is 3.88 Å².